The fraction of sp³-hybridized carbons (Fsp3) is 0.300. The quantitative estimate of drug-likeness (QED) is 0.705. The summed E-state index contributed by atoms with van der Waals surface area (Å²) in [6.07, 6.45) is 4.84. The zero-order valence-corrected chi connectivity index (χ0v) is 8.25. The summed E-state index contributed by atoms with van der Waals surface area (Å²) < 4.78 is 0. The zero-order valence-electron chi connectivity index (χ0n) is 7.43. The standard InChI is InChI=1S/C10H8N2OS/c13-5-7-4-11-10-8(12-7)3-9(14-10)6-1-2-6/h3-6H,1-2H2. The van der Waals surface area contributed by atoms with Gasteiger partial charge >= 0.3 is 0 Å². The number of hydrogen-bond acceptors (Lipinski definition) is 4. The van der Waals surface area contributed by atoms with E-state index in [0.29, 0.717) is 5.69 Å². The van der Waals surface area contributed by atoms with Gasteiger partial charge < -0.3 is 0 Å². The number of fused-ring (bicyclic) bond motifs is 1. The first-order chi connectivity index (χ1) is 6.86. The van der Waals surface area contributed by atoms with Crippen LogP contribution in [-0.4, -0.2) is 16.3 Å². The molecule has 4 heteroatoms. The Morgan fingerprint density at radius 2 is 2.36 bits per heavy atom. The Bertz CT molecular complexity index is 502. The van der Waals surface area contributed by atoms with Crippen LogP contribution in [0.1, 0.15) is 34.1 Å². The van der Waals surface area contributed by atoms with Crippen LogP contribution in [0.25, 0.3) is 10.3 Å². The first-order valence-electron chi connectivity index (χ1n) is 4.58. The van der Waals surface area contributed by atoms with E-state index in [1.807, 2.05) is 0 Å². The first-order valence-corrected chi connectivity index (χ1v) is 5.40. The number of carbonyl (C=O) groups excluding carboxylic acids is 1. The Labute approximate surface area is 84.8 Å². The number of nitrogens with zero attached hydrogens (tertiary/aromatic N) is 2. The predicted molar refractivity (Wildman–Crippen MR) is 54.8 cm³/mol. The van der Waals surface area contributed by atoms with Crippen molar-refractivity contribution in [3.8, 4) is 0 Å². The summed E-state index contributed by atoms with van der Waals surface area (Å²) in [6, 6.07) is 2.07. The molecule has 1 fully saturated rings. The van der Waals surface area contributed by atoms with Gasteiger partial charge in [0.15, 0.2) is 6.29 Å². The molecule has 3 nitrogen and oxygen atoms in total. The van der Waals surface area contributed by atoms with Crippen LogP contribution in [0.2, 0.25) is 0 Å². The Kier molecular flexibility index (Phi) is 1.64. The molecule has 1 aliphatic rings. The van der Waals surface area contributed by atoms with E-state index in [1.165, 1.54) is 23.9 Å². The number of hydrogen-bond donors (Lipinski definition) is 0. The molecule has 2 aromatic rings. The molecule has 0 saturated heterocycles. The average Bonchev–Trinajstić information content (AvgIpc) is 2.97. The van der Waals surface area contributed by atoms with Gasteiger partial charge in [0.2, 0.25) is 0 Å². The fourth-order valence-electron chi connectivity index (χ4n) is 1.48. The summed E-state index contributed by atoms with van der Waals surface area (Å²) in [5.74, 6) is 0.732. The number of rotatable bonds is 2. The first kappa shape index (κ1) is 8.05. The molecule has 0 atom stereocenters. The van der Waals surface area contributed by atoms with Crippen LogP contribution in [0.4, 0.5) is 0 Å². The molecule has 2 aromatic heterocycles. The molecule has 0 aliphatic heterocycles. The van der Waals surface area contributed by atoms with E-state index in [4.69, 9.17) is 0 Å². The van der Waals surface area contributed by atoms with Crippen molar-refractivity contribution >= 4 is 28.0 Å². The Hall–Kier alpha value is -1.29. The topological polar surface area (TPSA) is 42.9 Å². The lowest BCUT2D eigenvalue weighted by Crippen LogP contribution is -1.86. The minimum absolute atomic E-state index is 0.414. The second kappa shape index (κ2) is 2.85. The lowest BCUT2D eigenvalue weighted by Gasteiger charge is -1.87. The van der Waals surface area contributed by atoms with Crippen molar-refractivity contribution in [2.24, 2.45) is 0 Å². The molecule has 0 aromatic carbocycles. The normalized spacial score (nSPS) is 16.0. The summed E-state index contributed by atoms with van der Waals surface area (Å²) >= 11 is 1.70. The van der Waals surface area contributed by atoms with Gasteiger partial charge in [-0.3, -0.25) is 4.79 Å². The van der Waals surface area contributed by atoms with Gasteiger partial charge in [0.25, 0.3) is 0 Å². The van der Waals surface area contributed by atoms with Gasteiger partial charge in [-0.25, -0.2) is 9.97 Å². The molecule has 3 rings (SSSR count). The van der Waals surface area contributed by atoms with Crippen LogP contribution in [-0.2, 0) is 0 Å². The van der Waals surface area contributed by atoms with E-state index in [1.54, 1.807) is 11.3 Å². The molecule has 0 radical (unpaired) electrons. The second-order valence-corrected chi connectivity index (χ2v) is 4.59. The van der Waals surface area contributed by atoms with E-state index < -0.39 is 0 Å². The lowest BCUT2D eigenvalue weighted by atomic mass is 10.3. The maximum atomic E-state index is 10.5. The van der Waals surface area contributed by atoms with Gasteiger partial charge in [0.05, 0.1) is 6.20 Å². The molecular formula is C10H8N2OS. The highest BCUT2D eigenvalue weighted by Gasteiger charge is 2.25. The minimum Gasteiger partial charge on any atom is -0.296 e. The third kappa shape index (κ3) is 1.23. The average molecular weight is 204 g/mol. The molecule has 0 amide bonds. The third-order valence-electron chi connectivity index (χ3n) is 2.38. The van der Waals surface area contributed by atoms with E-state index >= 15 is 0 Å². The zero-order chi connectivity index (χ0) is 9.54. The van der Waals surface area contributed by atoms with Crippen molar-refractivity contribution in [3.63, 3.8) is 0 Å². The molecule has 0 bridgehead atoms. The highest BCUT2D eigenvalue weighted by Crippen LogP contribution is 2.44. The predicted octanol–water partition coefficient (Wildman–Crippen LogP) is 2.38. The number of thiophene rings is 1. The van der Waals surface area contributed by atoms with Gasteiger partial charge in [-0.15, -0.1) is 11.3 Å². The summed E-state index contributed by atoms with van der Waals surface area (Å²) in [7, 11) is 0. The lowest BCUT2D eigenvalue weighted by molar-refractivity contribution is 0.111. The largest absolute Gasteiger partial charge is 0.296 e. The highest BCUT2D eigenvalue weighted by atomic mass is 32.1. The van der Waals surface area contributed by atoms with E-state index in [-0.39, 0.29) is 0 Å². The molecule has 0 N–H and O–H groups in total. The minimum atomic E-state index is 0.414. The molecule has 0 spiro atoms. The van der Waals surface area contributed by atoms with Gasteiger partial charge in [-0.1, -0.05) is 0 Å². The maximum Gasteiger partial charge on any atom is 0.170 e. The molecule has 1 aliphatic carbocycles. The molecule has 2 heterocycles. The van der Waals surface area contributed by atoms with Crippen molar-refractivity contribution in [2.75, 3.05) is 0 Å². The van der Waals surface area contributed by atoms with Gasteiger partial charge in [-0.05, 0) is 24.8 Å². The Balaban J connectivity index is 2.17. The molecule has 0 unspecified atom stereocenters. The Morgan fingerprint density at radius 1 is 1.50 bits per heavy atom. The van der Waals surface area contributed by atoms with Crippen LogP contribution in [0.3, 0.4) is 0 Å². The summed E-state index contributed by atoms with van der Waals surface area (Å²) in [6.45, 7) is 0. The molecule has 1 saturated carbocycles. The molecule has 14 heavy (non-hydrogen) atoms. The number of aldehydes is 1. The second-order valence-electron chi connectivity index (χ2n) is 3.53. The van der Waals surface area contributed by atoms with Gasteiger partial charge in [0, 0.05) is 4.88 Å². The van der Waals surface area contributed by atoms with Gasteiger partial charge in [-0.2, -0.15) is 0 Å². The summed E-state index contributed by atoms with van der Waals surface area (Å²) in [4.78, 5) is 21.2. The van der Waals surface area contributed by atoms with Crippen molar-refractivity contribution < 1.29 is 4.79 Å². The monoisotopic (exact) mass is 204 g/mol. The summed E-state index contributed by atoms with van der Waals surface area (Å²) in [5.41, 5.74) is 1.28. The molecular weight excluding hydrogens is 196 g/mol. The fourth-order valence-corrected chi connectivity index (χ4v) is 2.59. The highest BCUT2D eigenvalue weighted by molar-refractivity contribution is 7.18. The van der Waals surface area contributed by atoms with Crippen LogP contribution in [0.15, 0.2) is 12.3 Å². The van der Waals surface area contributed by atoms with Crippen molar-refractivity contribution in [3.05, 3.63) is 22.8 Å². The third-order valence-corrected chi connectivity index (χ3v) is 3.57. The smallest absolute Gasteiger partial charge is 0.170 e. The molecule has 70 valence electrons. The summed E-state index contributed by atoms with van der Waals surface area (Å²) in [5, 5.41) is 0. The van der Waals surface area contributed by atoms with Crippen molar-refractivity contribution in [1.29, 1.82) is 0 Å². The van der Waals surface area contributed by atoms with E-state index in [9.17, 15) is 4.79 Å². The van der Waals surface area contributed by atoms with Crippen molar-refractivity contribution in [1.82, 2.24) is 9.97 Å². The van der Waals surface area contributed by atoms with Crippen LogP contribution < -0.4 is 0 Å². The van der Waals surface area contributed by atoms with E-state index in [2.05, 4.69) is 16.0 Å². The maximum absolute atomic E-state index is 10.5. The van der Waals surface area contributed by atoms with Crippen LogP contribution >= 0.6 is 11.3 Å². The number of carbonyl (C=O) groups is 1. The van der Waals surface area contributed by atoms with Gasteiger partial charge in [0.1, 0.15) is 16.0 Å². The van der Waals surface area contributed by atoms with E-state index in [0.717, 1.165) is 22.6 Å². The van der Waals surface area contributed by atoms with Crippen LogP contribution in [0.5, 0.6) is 0 Å². The van der Waals surface area contributed by atoms with Crippen molar-refractivity contribution in [2.45, 2.75) is 18.8 Å². The Morgan fingerprint density at radius 3 is 3.07 bits per heavy atom. The SMILES string of the molecule is O=Cc1cnc2sc(C3CC3)cc2n1. The van der Waals surface area contributed by atoms with Crippen LogP contribution in [0, 0.1) is 0 Å². The number of aromatic nitrogens is 2.